The van der Waals surface area contributed by atoms with Gasteiger partial charge in [-0.25, -0.2) is 4.98 Å². The fraction of sp³-hybridized carbons (Fsp3) is 0. The number of nitriles is 1. The van der Waals surface area contributed by atoms with E-state index in [4.69, 9.17) is 27.3 Å². The number of hydrogen-bond acceptors (Lipinski definition) is 4. The van der Waals surface area contributed by atoms with E-state index in [1.165, 1.54) is 6.20 Å². The summed E-state index contributed by atoms with van der Waals surface area (Å²) in [5.41, 5.74) is 6.63. The highest BCUT2D eigenvalue weighted by molar-refractivity contribution is 9.10. The summed E-state index contributed by atoms with van der Waals surface area (Å²) in [6.07, 6.45) is 1.47. The summed E-state index contributed by atoms with van der Waals surface area (Å²) in [7, 11) is 0. The maximum absolute atomic E-state index is 8.74. The van der Waals surface area contributed by atoms with Crippen molar-refractivity contribution in [3.63, 3.8) is 0 Å². The zero-order chi connectivity index (χ0) is 13.1. The van der Waals surface area contributed by atoms with Crippen LogP contribution in [0.5, 0.6) is 11.6 Å². The third kappa shape index (κ3) is 2.73. The monoisotopic (exact) mass is 323 g/mol. The van der Waals surface area contributed by atoms with Crippen molar-refractivity contribution in [2.45, 2.75) is 0 Å². The van der Waals surface area contributed by atoms with E-state index in [0.29, 0.717) is 32.4 Å². The maximum Gasteiger partial charge on any atom is 0.233 e. The summed E-state index contributed by atoms with van der Waals surface area (Å²) < 4.78 is 6.17. The molecule has 2 rings (SSSR count). The van der Waals surface area contributed by atoms with Gasteiger partial charge >= 0.3 is 0 Å². The second-order valence-corrected chi connectivity index (χ2v) is 4.70. The Labute approximate surface area is 117 Å². The van der Waals surface area contributed by atoms with Gasteiger partial charge in [-0.05, 0) is 40.2 Å². The molecule has 0 atom stereocenters. The summed E-state index contributed by atoms with van der Waals surface area (Å²) in [6, 6.07) is 8.45. The highest BCUT2D eigenvalue weighted by Gasteiger charge is 2.08. The number of halogens is 2. The topological polar surface area (TPSA) is 71.9 Å². The molecular formula is C12H7BrClN3O. The van der Waals surface area contributed by atoms with Gasteiger partial charge < -0.3 is 10.5 Å². The minimum atomic E-state index is 0.357. The number of anilines is 1. The van der Waals surface area contributed by atoms with Gasteiger partial charge in [0.2, 0.25) is 5.88 Å². The van der Waals surface area contributed by atoms with Crippen molar-refractivity contribution in [1.82, 2.24) is 4.98 Å². The van der Waals surface area contributed by atoms with Gasteiger partial charge in [0.05, 0.1) is 26.8 Å². The SMILES string of the molecule is N#Cc1ccc(Oc2ncc(Cl)cc2Br)c(N)c1. The Hall–Kier alpha value is -1.77. The lowest BCUT2D eigenvalue weighted by Crippen LogP contribution is -1.95. The molecule has 2 aromatic rings. The molecule has 1 aromatic heterocycles. The van der Waals surface area contributed by atoms with E-state index in [2.05, 4.69) is 20.9 Å². The number of ether oxygens (including phenoxy) is 1. The Bertz CT molecular complexity index is 640. The van der Waals surface area contributed by atoms with Crippen LogP contribution in [0, 0.1) is 11.3 Å². The molecule has 0 bridgehead atoms. The highest BCUT2D eigenvalue weighted by atomic mass is 79.9. The minimum absolute atomic E-state index is 0.357. The summed E-state index contributed by atoms with van der Waals surface area (Å²) in [5, 5.41) is 9.24. The van der Waals surface area contributed by atoms with E-state index in [9.17, 15) is 0 Å². The maximum atomic E-state index is 8.74. The number of aromatic nitrogens is 1. The Morgan fingerprint density at radius 3 is 2.78 bits per heavy atom. The second-order valence-electron chi connectivity index (χ2n) is 3.41. The first kappa shape index (κ1) is 12.7. The summed E-state index contributed by atoms with van der Waals surface area (Å²) in [4.78, 5) is 4.04. The first-order chi connectivity index (χ1) is 8.60. The lowest BCUT2D eigenvalue weighted by molar-refractivity contribution is 0.462. The molecule has 0 aliphatic carbocycles. The van der Waals surface area contributed by atoms with Crippen LogP contribution < -0.4 is 10.5 Å². The molecule has 18 heavy (non-hydrogen) atoms. The van der Waals surface area contributed by atoms with Crippen LogP contribution in [0.25, 0.3) is 0 Å². The predicted molar refractivity (Wildman–Crippen MR) is 72.6 cm³/mol. The van der Waals surface area contributed by atoms with Gasteiger partial charge in [0, 0.05) is 6.20 Å². The van der Waals surface area contributed by atoms with E-state index < -0.39 is 0 Å². The summed E-state index contributed by atoms with van der Waals surface area (Å²) in [6.45, 7) is 0. The second kappa shape index (κ2) is 5.25. The molecule has 0 saturated carbocycles. The standard InChI is InChI=1S/C12H7BrClN3O/c13-9-4-8(14)6-17-12(9)18-11-2-1-7(5-15)3-10(11)16/h1-4,6H,16H2. The first-order valence-electron chi connectivity index (χ1n) is 4.88. The number of hydrogen-bond donors (Lipinski definition) is 1. The quantitative estimate of drug-likeness (QED) is 0.854. The van der Waals surface area contributed by atoms with Crippen molar-refractivity contribution in [3.05, 3.63) is 45.5 Å². The lowest BCUT2D eigenvalue weighted by atomic mass is 10.2. The molecule has 90 valence electrons. The van der Waals surface area contributed by atoms with Crippen LogP contribution in [-0.2, 0) is 0 Å². The Morgan fingerprint density at radius 1 is 1.39 bits per heavy atom. The van der Waals surface area contributed by atoms with Crippen LogP contribution in [0.15, 0.2) is 34.9 Å². The zero-order valence-electron chi connectivity index (χ0n) is 9.02. The van der Waals surface area contributed by atoms with Gasteiger partial charge in [-0.3, -0.25) is 0 Å². The third-order valence-corrected chi connectivity index (χ3v) is 2.89. The molecule has 0 unspecified atom stereocenters. The van der Waals surface area contributed by atoms with E-state index in [0.717, 1.165) is 0 Å². The average molecular weight is 325 g/mol. The molecule has 0 saturated heterocycles. The number of nitrogens with two attached hydrogens (primary N) is 1. The Balaban J connectivity index is 2.32. The fourth-order valence-corrected chi connectivity index (χ4v) is 2.01. The van der Waals surface area contributed by atoms with Gasteiger partial charge in [0.25, 0.3) is 0 Å². The Morgan fingerprint density at radius 2 is 2.17 bits per heavy atom. The normalized spacial score (nSPS) is 9.83. The molecule has 4 nitrogen and oxygen atoms in total. The highest BCUT2D eigenvalue weighted by Crippen LogP contribution is 2.32. The van der Waals surface area contributed by atoms with Crippen molar-refractivity contribution in [3.8, 4) is 17.7 Å². The number of nitrogens with zero attached hydrogens (tertiary/aromatic N) is 2. The molecule has 0 aliphatic rings. The Kier molecular flexibility index (Phi) is 3.70. The smallest absolute Gasteiger partial charge is 0.233 e. The predicted octanol–water partition coefficient (Wildman–Crippen LogP) is 3.74. The first-order valence-corrected chi connectivity index (χ1v) is 6.06. The van der Waals surface area contributed by atoms with Crippen molar-refractivity contribution < 1.29 is 4.74 Å². The molecule has 0 spiro atoms. The van der Waals surface area contributed by atoms with E-state index in [1.54, 1.807) is 24.3 Å². The largest absolute Gasteiger partial charge is 0.436 e. The summed E-state index contributed by atoms with van der Waals surface area (Å²) in [5.74, 6) is 0.792. The van der Waals surface area contributed by atoms with E-state index in [-0.39, 0.29) is 0 Å². The minimum Gasteiger partial charge on any atom is -0.436 e. The van der Waals surface area contributed by atoms with Gasteiger partial charge in [0.1, 0.15) is 0 Å². The molecule has 1 heterocycles. The van der Waals surface area contributed by atoms with Crippen molar-refractivity contribution in [2.24, 2.45) is 0 Å². The fourth-order valence-electron chi connectivity index (χ4n) is 1.29. The van der Waals surface area contributed by atoms with Crippen LogP contribution in [0.2, 0.25) is 5.02 Å². The van der Waals surface area contributed by atoms with Crippen LogP contribution in [0.1, 0.15) is 5.56 Å². The summed E-state index contributed by atoms with van der Waals surface area (Å²) >= 11 is 9.07. The van der Waals surface area contributed by atoms with Gasteiger partial charge in [-0.1, -0.05) is 11.6 Å². The van der Waals surface area contributed by atoms with E-state index in [1.807, 2.05) is 6.07 Å². The third-order valence-electron chi connectivity index (χ3n) is 2.12. The molecule has 0 fully saturated rings. The lowest BCUT2D eigenvalue weighted by Gasteiger charge is -2.09. The van der Waals surface area contributed by atoms with Gasteiger partial charge in [0.15, 0.2) is 5.75 Å². The average Bonchev–Trinajstić information content (AvgIpc) is 2.34. The molecule has 2 N–H and O–H groups in total. The molecule has 6 heteroatoms. The van der Waals surface area contributed by atoms with Crippen LogP contribution in [0.4, 0.5) is 5.69 Å². The number of nitrogen functional groups attached to an aromatic ring is 1. The van der Waals surface area contributed by atoms with Crippen molar-refractivity contribution in [2.75, 3.05) is 5.73 Å². The van der Waals surface area contributed by atoms with Crippen LogP contribution >= 0.6 is 27.5 Å². The molecule has 0 amide bonds. The van der Waals surface area contributed by atoms with Gasteiger partial charge in [-0.2, -0.15) is 5.26 Å². The molecule has 1 aromatic carbocycles. The number of rotatable bonds is 2. The van der Waals surface area contributed by atoms with Crippen molar-refractivity contribution >= 4 is 33.2 Å². The van der Waals surface area contributed by atoms with E-state index >= 15 is 0 Å². The van der Waals surface area contributed by atoms with Crippen LogP contribution in [-0.4, -0.2) is 4.98 Å². The number of benzene rings is 1. The van der Waals surface area contributed by atoms with Crippen LogP contribution in [0.3, 0.4) is 0 Å². The number of pyridine rings is 1. The molecular weight excluding hydrogens is 318 g/mol. The van der Waals surface area contributed by atoms with Crippen molar-refractivity contribution in [1.29, 1.82) is 5.26 Å². The van der Waals surface area contributed by atoms with Gasteiger partial charge in [-0.15, -0.1) is 0 Å². The molecule has 0 radical (unpaired) electrons. The molecule has 0 aliphatic heterocycles. The zero-order valence-corrected chi connectivity index (χ0v) is 11.4.